The van der Waals surface area contributed by atoms with Gasteiger partial charge in [0, 0.05) is 5.56 Å². The predicted octanol–water partition coefficient (Wildman–Crippen LogP) is 3.01. The molecule has 0 heterocycles. The van der Waals surface area contributed by atoms with Gasteiger partial charge in [0.05, 0.1) is 17.7 Å². The molecule has 5 nitrogen and oxygen atoms in total. The minimum Gasteiger partial charge on any atom is -0.493 e. The highest BCUT2D eigenvalue weighted by Crippen LogP contribution is 2.17. The van der Waals surface area contributed by atoms with Gasteiger partial charge in [-0.1, -0.05) is 24.3 Å². The maximum Gasteiger partial charge on any atom is 0.276 e. The van der Waals surface area contributed by atoms with Gasteiger partial charge in [0.2, 0.25) is 0 Å². The fourth-order valence-electron chi connectivity index (χ4n) is 2.09. The molecule has 0 fully saturated rings. The summed E-state index contributed by atoms with van der Waals surface area (Å²) in [5.74, 6) is 0.657. The first-order valence-electron chi connectivity index (χ1n) is 7.28. The molecule has 2 aromatic carbocycles. The second-order valence-corrected chi connectivity index (χ2v) is 6.72. The normalized spacial score (nSPS) is 11.6. The van der Waals surface area contributed by atoms with E-state index in [2.05, 4.69) is 9.93 Å². The van der Waals surface area contributed by atoms with Crippen molar-refractivity contribution >= 4 is 16.2 Å². The van der Waals surface area contributed by atoms with Gasteiger partial charge in [-0.05, 0) is 50.1 Å². The molecule has 0 aliphatic carbocycles. The Morgan fingerprint density at radius 2 is 1.91 bits per heavy atom. The van der Waals surface area contributed by atoms with Crippen molar-refractivity contribution in [1.82, 2.24) is 4.83 Å². The number of ether oxygens (including phenoxy) is 1. The van der Waals surface area contributed by atoms with E-state index >= 15 is 0 Å². The molecule has 6 heteroatoms. The quantitative estimate of drug-likeness (QED) is 0.653. The van der Waals surface area contributed by atoms with E-state index in [4.69, 9.17) is 4.74 Å². The number of aryl methyl sites for hydroxylation is 2. The first-order valence-corrected chi connectivity index (χ1v) is 8.76. The van der Waals surface area contributed by atoms with Crippen LogP contribution in [0.25, 0.3) is 0 Å². The minimum atomic E-state index is -3.70. The first kappa shape index (κ1) is 17.0. The molecule has 0 atom stereocenters. The van der Waals surface area contributed by atoms with Crippen LogP contribution in [0.4, 0.5) is 0 Å². The number of sulfonamides is 1. The van der Waals surface area contributed by atoms with Gasteiger partial charge in [-0.3, -0.25) is 0 Å². The molecule has 2 aromatic rings. The van der Waals surface area contributed by atoms with Crippen molar-refractivity contribution in [3.05, 3.63) is 59.2 Å². The van der Waals surface area contributed by atoms with Crippen molar-refractivity contribution in [3.8, 4) is 5.75 Å². The average Bonchev–Trinajstić information content (AvgIpc) is 2.51. The summed E-state index contributed by atoms with van der Waals surface area (Å²) in [6.07, 6.45) is 1.44. The predicted molar refractivity (Wildman–Crippen MR) is 91.4 cm³/mol. The fourth-order valence-corrected chi connectivity index (χ4v) is 3.21. The SMILES string of the molecule is CCOc1ccccc1C=NNS(=O)(=O)c1cc(C)ccc1C. The topological polar surface area (TPSA) is 67.8 Å². The van der Waals surface area contributed by atoms with Gasteiger partial charge in [-0.25, -0.2) is 4.83 Å². The summed E-state index contributed by atoms with van der Waals surface area (Å²) in [6.45, 7) is 6.01. The fraction of sp³-hybridized carbons (Fsp3) is 0.235. The second-order valence-electron chi connectivity index (χ2n) is 5.09. The van der Waals surface area contributed by atoms with Crippen molar-refractivity contribution in [2.75, 3.05) is 6.61 Å². The molecule has 0 saturated heterocycles. The lowest BCUT2D eigenvalue weighted by atomic mass is 10.2. The number of nitrogens with one attached hydrogen (secondary N) is 1. The van der Waals surface area contributed by atoms with Crippen LogP contribution < -0.4 is 9.57 Å². The van der Waals surface area contributed by atoms with Crippen LogP contribution in [-0.4, -0.2) is 21.2 Å². The van der Waals surface area contributed by atoms with E-state index in [9.17, 15) is 8.42 Å². The number of benzene rings is 2. The highest BCUT2D eigenvalue weighted by molar-refractivity contribution is 7.89. The molecule has 23 heavy (non-hydrogen) atoms. The van der Waals surface area contributed by atoms with Crippen LogP contribution in [0.2, 0.25) is 0 Å². The summed E-state index contributed by atoms with van der Waals surface area (Å²) < 4.78 is 30.2. The molecule has 0 aliphatic heterocycles. The molecule has 0 unspecified atom stereocenters. The Labute approximate surface area is 137 Å². The Bertz CT molecular complexity index is 814. The standard InChI is InChI=1S/C17H20N2O3S/c1-4-22-16-8-6-5-7-15(16)12-18-19-23(20,21)17-11-13(2)9-10-14(17)3/h5-12,19H,4H2,1-3H3. The van der Waals surface area contributed by atoms with Crippen LogP contribution in [0.5, 0.6) is 5.75 Å². The highest BCUT2D eigenvalue weighted by Gasteiger charge is 2.15. The number of rotatable bonds is 6. The molecule has 0 radical (unpaired) electrons. The summed E-state index contributed by atoms with van der Waals surface area (Å²) in [5.41, 5.74) is 2.26. The molecule has 0 spiro atoms. The summed E-state index contributed by atoms with van der Waals surface area (Å²) in [5, 5.41) is 3.86. The van der Waals surface area contributed by atoms with Crippen LogP contribution in [-0.2, 0) is 10.0 Å². The Morgan fingerprint density at radius 1 is 1.17 bits per heavy atom. The third-order valence-electron chi connectivity index (χ3n) is 3.23. The molecular weight excluding hydrogens is 312 g/mol. The van der Waals surface area contributed by atoms with Crippen LogP contribution in [0.15, 0.2) is 52.5 Å². The Morgan fingerprint density at radius 3 is 2.65 bits per heavy atom. The van der Waals surface area contributed by atoms with Gasteiger partial charge >= 0.3 is 0 Å². The van der Waals surface area contributed by atoms with Crippen LogP contribution in [0.3, 0.4) is 0 Å². The Balaban J connectivity index is 2.21. The number of hydrazone groups is 1. The largest absolute Gasteiger partial charge is 0.493 e. The van der Waals surface area contributed by atoms with Crippen LogP contribution in [0, 0.1) is 13.8 Å². The molecule has 122 valence electrons. The van der Waals surface area contributed by atoms with E-state index in [1.165, 1.54) is 6.21 Å². The zero-order valence-corrected chi connectivity index (χ0v) is 14.2. The molecular formula is C17H20N2O3S. The average molecular weight is 332 g/mol. The van der Waals surface area contributed by atoms with Crippen molar-refractivity contribution in [3.63, 3.8) is 0 Å². The van der Waals surface area contributed by atoms with E-state index in [1.54, 1.807) is 25.1 Å². The van der Waals surface area contributed by atoms with Crippen molar-refractivity contribution in [2.45, 2.75) is 25.7 Å². The lowest BCUT2D eigenvalue weighted by Crippen LogP contribution is -2.19. The third-order valence-corrected chi connectivity index (χ3v) is 4.59. The van der Waals surface area contributed by atoms with E-state index in [1.807, 2.05) is 38.1 Å². The van der Waals surface area contributed by atoms with E-state index in [0.717, 1.165) is 5.56 Å². The molecule has 0 amide bonds. The van der Waals surface area contributed by atoms with Gasteiger partial charge < -0.3 is 4.74 Å². The maximum atomic E-state index is 12.3. The van der Waals surface area contributed by atoms with Crippen molar-refractivity contribution in [1.29, 1.82) is 0 Å². The summed E-state index contributed by atoms with van der Waals surface area (Å²) >= 11 is 0. The van der Waals surface area contributed by atoms with Gasteiger partial charge in [0.25, 0.3) is 10.0 Å². The third kappa shape index (κ3) is 4.32. The maximum absolute atomic E-state index is 12.3. The molecule has 0 aliphatic rings. The Kier molecular flexibility index (Phi) is 5.39. The number of nitrogens with zero attached hydrogens (tertiary/aromatic N) is 1. The van der Waals surface area contributed by atoms with Gasteiger partial charge in [0.1, 0.15) is 5.75 Å². The second kappa shape index (κ2) is 7.28. The lowest BCUT2D eigenvalue weighted by molar-refractivity contribution is 0.340. The molecule has 0 aromatic heterocycles. The molecule has 2 rings (SSSR count). The van der Waals surface area contributed by atoms with Gasteiger partial charge in [-0.15, -0.1) is 0 Å². The number of para-hydroxylation sites is 1. The zero-order chi connectivity index (χ0) is 16.9. The monoisotopic (exact) mass is 332 g/mol. The highest BCUT2D eigenvalue weighted by atomic mass is 32.2. The first-order chi connectivity index (χ1) is 10.9. The van der Waals surface area contributed by atoms with Crippen LogP contribution >= 0.6 is 0 Å². The lowest BCUT2D eigenvalue weighted by Gasteiger charge is -2.08. The van der Waals surface area contributed by atoms with Crippen molar-refractivity contribution < 1.29 is 13.2 Å². The van der Waals surface area contributed by atoms with Crippen LogP contribution in [0.1, 0.15) is 23.6 Å². The molecule has 0 bridgehead atoms. The summed E-state index contributed by atoms with van der Waals surface area (Å²) in [7, 11) is -3.70. The van der Waals surface area contributed by atoms with Gasteiger partial charge in [-0.2, -0.15) is 13.5 Å². The molecule has 0 saturated carbocycles. The van der Waals surface area contributed by atoms with Gasteiger partial charge in [0.15, 0.2) is 0 Å². The van der Waals surface area contributed by atoms with E-state index in [-0.39, 0.29) is 4.90 Å². The Hall–Kier alpha value is -2.34. The smallest absolute Gasteiger partial charge is 0.276 e. The van der Waals surface area contributed by atoms with E-state index in [0.29, 0.717) is 23.5 Å². The van der Waals surface area contributed by atoms with E-state index < -0.39 is 10.0 Å². The minimum absolute atomic E-state index is 0.229. The number of hydrogen-bond donors (Lipinski definition) is 1. The summed E-state index contributed by atoms with van der Waals surface area (Å²) in [6, 6.07) is 12.6. The number of hydrogen-bond acceptors (Lipinski definition) is 4. The zero-order valence-electron chi connectivity index (χ0n) is 13.4. The summed E-state index contributed by atoms with van der Waals surface area (Å²) in [4.78, 5) is 2.48. The van der Waals surface area contributed by atoms with Crippen molar-refractivity contribution in [2.24, 2.45) is 5.10 Å². The molecule has 1 N–H and O–H groups in total.